The lowest BCUT2D eigenvalue weighted by molar-refractivity contribution is 0.0526. The van der Waals surface area contributed by atoms with Gasteiger partial charge in [0.25, 0.3) is 0 Å². The summed E-state index contributed by atoms with van der Waals surface area (Å²) >= 11 is 5.61. The highest BCUT2D eigenvalue weighted by molar-refractivity contribution is 6.33. The zero-order valence-corrected chi connectivity index (χ0v) is 9.99. The van der Waals surface area contributed by atoms with Crippen molar-refractivity contribution in [1.29, 1.82) is 0 Å². The summed E-state index contributed by atoms with van der Waals surface area (Å²) in [6.07, 6.45) is 0. The molecule has 0 aromatic heterocycles. The topological polar surface area (TPSA) is 64.3 Å². The Kier molecular flexibility index (Phi) is 6.10. The van der Waals surface area contributed by atoms with Gasteiger partial charge in [-0.25, -0.2) is 9.18 Å². The van der Waals surface area contributed by atoms with Crippen LogP contribution in [0.3, 0.4) is 0 Å². The average molecular weight is 269 g/mol. The van der Waals surface area contributed by atoms with E-state index in [-0.39, 0.29) is 35.3 Å². The van der Waals surface area contributed by atoms with Gasteiger partial charge >= 0.3 is 5.97 Å². The molecule has 1 aromatic carbocycles. The number of benzene rings is 1. The van der Waals surface area contributed by atoms with Crippen LogP contribution in [0.25, 0.3) is 0 Å². The van der Waals surface area contributed by atoms with Crippen molar-refractivity contribution in [2.24, 2.45) is 5.84 Å². The molecule has 0 radical (unpaired) electrons. The van der Waals surface area contributed by atoms with Gasteiger partial charge < -0.3 is 10.2 Å². The molecular weight excluding hydrogens is 258 g/mol. The number of nitrogens with two attached hydrogens (primary N) is 1. The van der Waals surface area contributed by atoms with Crippen LogP contribution in [0.1, 0.15) is 17.3 Å². The molecule has 0 saturated heterocycles. The van der Waals surface area contributed by atoms with Gasteiger partial charge in [-0.3, -0.25) is 5.84 Å². The number of carbonyl (C=O) groups is 1. The van der Waals surface area contributed by atoms with Gasteiger partial charge in [-0.05, 0) is 19.1 Å². The standard InChI is InChI=1S/C9H10ClFN2O2.ClH/c1-2-15-9(14)6-3-5(13-12)4-7(11)8(6)10;/h3-4,13H,2,12H2,1H3;1H. The summed E-state index contributed by atoms with van der Waals surface area (Å²) in [5.74, 6) is 3.69. The summed E-state index contributed by atoms with van der Waals surface area (Å²) in [5, 5.41) is -0.271. The Morgan fingerprint density at radius 1 is 1.62 bits per heavy atom. The minimum absolute atomic E-state index is 0. The first kappa shape index (κ1) is 15.0. The Morgan fingerprint density at radius 3 is 2.75 bits per heavy atom. The van der Waals surface area contributed by atoms with Gasteiger partial charge in [0.15, 0.2) is 0 Å². The van der Waals surface area contributed by atoms with E-state index < -0.39 is 11.8 Å². The molecule has 0 aliphatic heterocycles. The molecule has 0 unspecified atom stereocenters. The smallest absolute Gasteiger partial charge is 0.339 e. The Hall–Kier alpha value is -1.04. The van der Waals surface area contributed by atoms with Crippen molar-refractivity contribution in [3.05, 3.63) is 28.5 Å². The van der Waals surface area contributed by atoms with Crippen molar-refractivity contribution in [3.8, 4) is 0 Å². The fourth-order valence-corrected chi connectivity index (χ4v) is 1.22. The molecule has 1 aromatic rings. The molecule has 0 spiro atoms. The van der Waals surface area contributed by atoms with Crippen LogP contribution < -0.4 is 11.3 Å². The van der Waals surface area contributed by atoms with E-state index >= 15 is 0 Å². The van der Waals surface area contributed by atoms with E-state index in [0.717, 1.165) is 6.07 Å². The average Bonchev–Trinajstić information content (AvgIpc) is 2.22. The van der Waals surface area contributed by atoms with Gasteiger partial charge in [0.2, 0.25) is 0 Å². The second kappa shape index (κ2) is 6.52. The number of nitrogen functional groups attached to an aromatic ring is 1. The second-order valence-electron chi connectivity index (χ2n) is 2.68. The maximum Gasteiger partial charge on any atom is 0.339 e. The molecular formula is C9H11Cl2FN2O2. The molecule has 90 valence electrons. The maximum atomic E-state index is 13.2. The molecule has 0 saturated carbocycles. The Bertz CT molecular complexity index is 388. The van der Waals surface area contributed by atoms with Crippen molar-refractivity contribution in [1.82, 2.24) is 0 Å². The molecule has 0 aliphatic carbocycles. The van der Waals surface area contributed by atoms with Gasteiger partial charge in [0.1, 0.15) is 5.82 Å². The van der Waals surface area contributed by atoms with Crippen LogP contribution in [0.2, 0.25) is 5.02 Å². The predicted octanol–water partition coefficient (Wildman–Crippen LogP) is 2.36. The Morgan fingerprint density at radius 2 is 2.25 bits per heavy atom. The lowest BCUT2D eigenvalue weighted by atomic mass is 10.2. The van der Waals surface area contributed by atoms with Gasteiger partial charge in [-0.1, -0.05) is 11.6 Å². The van der Waals surface area contributed by atoms with Gasteiger partial charge in [-0.2, -0.15) is 0 Å². The van der Waals surface area contributed by atoms with Crippen LogP contribution in [-0.4, -0.2) is 12.6 Å². The minimum atomic E-state index is -0.727. The van der Waals surface area contributed by atoms with Crippen LogP contribution in [0.4, 0.5) is 10.1 Å². The molecule has 0 amide bonds. The molecule has 4 nitrogen and oxygen atoms in total. The van der Waals surface area contributed by atoms with Crippen molar-refractivity contribution < 1.29 is 13.9 Å². The quantitative estimate of drug-likeness (QED) is 0.502. The first-order valence-corrected chi connectivity index (χ1v) is 4.60. The molecule has 7 heteroatoms. The van der Waals surface area contributed by atoms with Crippen LogP contribution in [0.15, 0.2) is 12.1 Å². The summed E-state index contributed by atoms with van der Waals surface area (Å²) in [6.45, 7) is 1.84. The third-order valence-corrected chi connectivity index (χ3v) is 2.07. The van der Waals surface area contributed by atoms with Gasteiger partial charge in [0, 0.05) is 0 Å². The largest absolute Gasteiger partial charge is 0.462 e. The molecule has 0 atom stereocenters. The zero-order valence-electron chi connectivity index (χ0n) is 8.42. The number of hydrogen-bond acceptors (Lipinski definition) is 4. The molecule has 16 heavy (non-hydrogen) atoms. The van der Waals surface area contributed by atoms with Crippen molar-refractivity contribution in [2.75, 3.05) is 12.0 Å². The molecule has 0 heterocycles. The summed E-state index contributed by atoms with van der Waals surface area (Å²) in [7, 11) is 0. The van der Waals surface area contributed by atoms with Crippen molar-refractivity contribution in [3.63, 3.8) is 0 Å². The number of esters is 1. The fraction of sp³-hybridized carbons (Fsp3) is 0.222. The van der Waals surface area contributed by atoms with Crippen LogP contribution in [0.5, 0.6) is 0 Å². The number of carbonyl (C=O) groups excluding carboxylic acids is 1. The third-order valence-electron chi connectivity index (χ3n) is 1.69. The lowest BCUT2D eigenvalue weighted by Crippen LogP contribution is -2.11. The van der Waals surface area contributed by atoms with E-state index in [1.54, 1.807) is 6.92 Å². The highest BCUT2D eigenvalue weighted by atomic mass is 35.5. The molecule has 0 bridgehead atoms. The zero-order chi connectivity index (χ0) is 11.4. The van der Waals surface area contributed by atoms with E-state index in [4.69, 9.17) is 22.2 Å². The number of halogens is 3. The highest BCUT2D eigenvalue weighted by Gasteiger charge is 2.16. The molecule has 0 fully saturated rings. The third kappa shape index (κ3) is 3.23. The maximum absolute atomic E-state index is 13.2. The number of nitrogens with one attached hydrogen (secondary N) is 1. The predicted molar refractivity (Wildman–Crippen MR) is 62.4 cm³/mol. The van der Waals surface area contributed by atoms with Gasteiger partial charge in [-0.15, -0.1) is 12.4 Å². The lowest BCUT2D eigenvalue weighted by Gasteiger charge is -2.07. The molecule has 0 aliphatic rings. The van der Waals surface area contributed by atoms with Crippen LogP contribution >= 0.6 is 24.0 Å². The van der Waals surface area contributed by atoms with Gasteiger partial charge in [0.05, 0.1) is 22.9 Å². The summed E-state index contributed by atoms with van der Waals surface area (Å²) in [6, 6.07) is 2.41. The molecule has 1 rings (SSSR count). The van der Waals surface area contributed by atoms with E-state index in [2.05, 4.69) is 5.43 Å². The minimum Gasteiger partial charge on any atom is -0.462 e. The summed E-state index contributed by atoms with van der Waals surface area (Å²) in [4.78, 5) is 11.3. The second-order valence-corrected chi connectivity index (χ2v) is 3.06. The Balaban J connectivity index is 0.00000225. The first-order chi connectivity index (χ1) is 7.10. The SMILES string of the molecule is CCOC(=O)c1cc(NN)cc(F)c1Cl.Cl. The number of hydrogen-bond donors (Lipinski definition) is 2. The summed E-state index contributed by atoms with van der Waals surface area (Å²) in [5.41, 5.74) is 2.43. The fourth-order valence-electron chi connectivity index (χ4n) is 1.03. The number of anilines is 1. The van der Waals surface area contributed by atoms with E-state index in [1.165, 1.54) is 6.07 Å². The monoisotopic (exact) mass is 268 g/mol. The highest BCUT2D eigenvalue weighted by Crippen LogP contribution is 2.24. The van der Waals surface area contributed by atoms with E-state index in [0.29, 0.717) is 0 Å². The summed E-state index contributed by atoms with van der Waals surface area (Å²) < 4.78 is 17.9. The number of rotatable bonds is 3. The number of hydrazine groups is 1. The first-order valence-electron chi connectivity index (χ1n) is 4.23. The molecule has 3 N–H and O–H groups in total. The van der Waals surface area contributed by atoms with Crippen molar-refractivity contribution >= 4 is 35.7 Å². The number of ether oxygens (including phenoxy) is 1. The normalized spacial score (nSPS) is 9.25. The van der Waals surface area contributed by atoms with E-state index in [1.807, 2.05) is 0 Å². The Labute approximate surface area is 103 Å². The van der Waals surface area contributed by atoms with Crippen LogP contribution in [0, 0.1) is 5.82 Å². The van der Waals surface area contributed by atoms with E-state index in [9.17, 15) is 9.18 Å². The van der Waals surface area contributed by atoms with Crippen LogP contribution in [-0.2, 0) is 4.74 Å². The van der Waals surface area contributed by atoms with Crippen molar-refractivity contribution in [2.45, 2.75) is 6.92 Å².